The normalized spacial score (nSPS) is 19.4. The number of aliphatic hydroxyl groups excluding tert-OH is 2. The molecule has 5 nitrogen and oxygen atoms in total. The molecule has 0 aromatic rings. The molecule has 0 aromatic heterocycles. The zero-order valence-electron chi connectivity index (χ0n) is 12.6. The van der Waals surface area contributed by atoms with Gasteiger partial charge in [0.15, 0.2) is 0 Å². The second-order valence-electron chi connectivity index (χ2n) is 5.90. The maximum Gasteiger partial charge on any atom is 0.315 e. The molecule has 2 unspecified atom stereocenters. The Morgan fingerprint density at radius 3 is 2.40 bits per heavy atom. The lowest BCUT2D eigenvalue weighted by molar-refractivity contribution is 0.194. The Bertz CT molecular complexity index is 268. The van der Waals surface area contributed by atoms with Crippen molar-refractivity contribution < 1.29 is 15.0 Å². The number of carbonyl (C=O) groups is 1. The van der Waals surface area contributed by atoms with Crippen molar-refractivity contribution in [3.05, 3.63) is 0 Å². The summed E-state index contributed by atoms with van der Waals surface area (Å²) in [5.41, 5.74) is 0. The van der Waals surface area contributed by atoms with Crippen LogP contribution in [-0.4, -0.2) is 41.5 Å². The topological polar surface area (TPSA) is 81.6 Å². The van der Waals surface area contributed by atoms with Gasteiger partial charge in [-0.1, -0.05) is 19.3 Å². The van der Waals surface area contributed by atoms with Crippen LogP contribution in [0.15, 0.2) is 0 Å². The van der Waals surface area contributed by atoms with E-state index in [4.69, 9.17) is 5.11 Å². The van der Waals surface area contributed by atoms with Crippen molar-refractivity contribution in [2.45, 2.75) is 70.4 Å². The molecule has 0 heterocycles. The van der Waals surface area contributed by atoms with Gasteiger partial charge in [-0.3, -0.25) is 0 Å². The maximum absolute atomic E-state index is 12.0. The van der Waals surface area contributed by atoms with Gasteiger partial charge < -0.3 is 20.8 Å². The summed E-state index contributed by atoms with van der Waals surface area (Å²) >= 11 is 0. The summed E-state index contributed by atoms with van der Waals surface area (Å²) < 4.78 is 0. The monoisotopic (exact) mass is 286 g/mol. The van der Waals surface area contributed by atoms with Crippen molar-refractivity contribution in [3.8, 4) is 0 Å². The third-order valence-electron chi connectivity index (χ3n) is 4.15. The van der Waals surface area contributed by atoms with Crippen LogP contribution in [-0.2, 0) is 0 Å². The van der Waals surface area contributed by atoms with Crippen molar-refractivity contribution in [2.75, 3.05) is 13.2 Å². The Hall–Kier alpha value is -0.810. The predicted octanol–water partition coefficient (Wildman–Crippen LogP) is 1.78. The fourth-order valence-electron chi connectivity index (χ4n) is 3.00. The van der Waals surface area contributed by atoms with E-state index in [2.05, 4.69) is 10.6 Å². The van der Waals surface area contributed by atoms with Gasteiger partial charge in [-0.05, 0) is 44.9 Å². The molecule has 0 spiro atoms. The molecule has 4 N–H and O–H groups in total. The van der Waals surface area contributed by atoms with Gasteiger partial charge in [0.1, 0.15) is 0 Å². The van der Waals surface area contributed by atoms with Crippen molar-refractivity contribution in [1.29, 1.82) is 0 Å². The van der Waals surface area contributed by atoms with Gasteiger partial charge in [0.05, 0.1) is 0 Å². The molecular formula is C15H30N2O3. The van der Waals surface area contributed by atoms with E-state index in [1.54, 1.807) is 0 Å². The number of aliphatic hydroxyl groups is 2. The fraction of sp³-hybridized carbons (Fsp3) is 0.933. The number of urea groups is 1. The van der Waals surface area contributed by atoms with Gasteiger partial charge in [0.25, 0.3) is 0 Å². The van der Waals surface area contributed by atoms with Gasteiger partial charge in [-0.2, -0.15) is 0 Å². The molecule has 0 aromatic carbocycles. The summed E-state index contributed by atoms with van der Waals surface area (Å²) in [6.45, 7) is 2.21. The highest BCUT2D eigenvalue weighted by Crippen LogP contribution is 2.27. The molecule has 2 amide bonds. The highest BCUT2D eigenvalue weighted by atomic mass is 16.3. The number of nitrogens with one attached hydrogen (secondary N) is 2. The van der Waals surface area contributed by atoms with Crippen LogP contribution in [0.3, 0.4) is 0 Å². The minimum absolute atomic E-state index is 0.0586. The summed E-state index contributed by atoms with van der Waals surface area (Å²) in [6.07, 6.45) is 8.12. The molecule has 1 saturated carbocycles. The van der Waals surface area contributed by atoms with Crippen LogP contribution in [0.25, 0.3) is 0 Å². The average molecular weight is 286 g/mol. The zero-order chi connectivity index (χ0) is 14.8. The van der Waals surface area contributed by atoms with Crippen LogP contribution in [0.4, 0.5) is 4.79 Å². The second kappa shape index (κ2) is 10.00. The summed E-state index contributed by atoms with van der Waals surface area (Å²) in [5, 5.41) is 23.9. The first-order valence-electron chi connectivity index (χ1n) is 7.96. The van der Waals surface area contributed by atoms with Crippen LogP contribution in [0.1, 0.15) is 58.3 Å². The molecule has 1 fully saturated rings. The van der Waals surface area contributed by atoms with Gasteiger partial charge in [-0.15, -0.1) is 0 Å². The summed E-state index contributed by atoms with van der Waals surface area (Å²) in [6, 6.07) is -0.0203. The first-order valence-corrected chi connectivity index (χ1v) is 7.96. The van der Waals surface area contributed by atoms with E-state index >= 15 is 0 Å². The summed E-state index contributed by atoms with van der Waals surface area (Å²) in [7, 11) is 0. The molecule has 20 heavy (non-hydrogen) atoms. The molecule has 5 heteroatoms. The Morgan fingerprint density at radius 2 is 1.80 bits per heavy atom. The zero-order valence-corrected chi connectivity index (χ0v) is 12.6. The number of amides is 2. The standard InChI is InChI=1S/C15H30N2O3/c1-12(6-5-10-18)16-15(20)17-14(9-11-19)13-7-3-2-4-8-13/h12-14,18-19H,2-11H2,1H3,(H2,16,17,20). The number of hydrogen-bond donors (Lipinski definition) is 4. The van der Waals surface area contributed by atoms with Crippen molar-refractivity contribution in [3.63, 3.8) is 0 Å². The molecule has 1 rings (SSSR count). The largest absolute Gasteiger partial charge is 0.396 e. The third-order valence-corrected chi connectivity index (χ3v) is 4.15. The van der Waals surface area contributed by atoms with Crippen LogP contribution >= 0.6 is 0 Å². The SMILES string of the molecule is CC(CCCO)NC(=O)NC(CCO)C1CCCCC1. The van der Waals surface area contributed by atoms with E-state index in [1.807, 2.05) is 6.92 Å². The molecule has 0 bridgehead atoms. The van der Waals surface area contributed by atoms with E-state index in [1.165, 1.54) is 19.3 Å². The van der Waals surface area contributed by atoms with Crippen molar-refractivity contribution in [2.24, 2.45) is 5.92 Å². The first-order chi connectivity index (χ1) is 9.67. The molecule has 0 radical (unpaired) electrons. The number of hydrogen-bond acceptors (Lipinski definition) is 3. The number of rotatable bonds is 8. The first kappa shape index (κ1) is 17.2. The van der Waals surface area contributed by atoms with Crippen molar-refractivity contribution >= 4 is 6.03 Å². The molecule has 1 aliphatic carbocycles. The van der Waals surface area contributed by atoms with Crippen LogP contribution in [0, 0.1) is 5.92 Å². The highest BCUT2D eigenvalue weighted by Gasteiger charge is 2.24. The lowest BCUT2D eigenvalue weighted by atomic mass is 9.83. The Morgan fingerprint density at radius 1 is 1.10 bits per heavy atom. The molecular weight excluding hydrogens is 256 g/mol. The van der Waals surface area contributed by atoms with E-state index in [0.29, 0.717) is 18.8 Å². The van der Waals surface area contributed by atoms with E-state index in [0.717, 1.165) is 19.3 Å². The average Bonchev–Trinajstić information content (AvgIpc) is 2.45. The second-order valence-corrected chi connectivity index (χ2v) is 5.90. The highest BCUT2D eigenvalue weighted by molar-refractivity contribution is 5.74. The van der Waals surface area contributed by atoms with E-state index < -0.39 is 0 Å². The minimum atomic E-state index is -0.153. The third kappa shape index (κ3) is 6.57. The van der Waals surface area contributed by atoms with Crippen LogP contribution < -0.4 is 10.6 Å². The van der Waals surface area contributed by atoms with E-state index in [9.17, 15) is 9.90 Å². The quantitative estimate of drug-likeness (QED) is 0.549. The number of carbonyl (C=O) groups excluding carboxylic acids is 1. The lowest BCUT2D eigenvalue weighted by Crippen LogP contribution is -2.48. The fourth-order valence-corrected chi connectivity index (χ4v) is 3.00. The van der Waals surface area contributed by atoms with Crippen LogP contribution in [0.2, 0.25) is 0 Å². The molecule has 0 aliphatic heterocycles. The molecule has 118 valence electrons. The summed E-state index contributed by atoms with van der Waals surface area (Å²) in [5.74, 6) is 0.495. The summed E-state index contributed by atoms with van der Waals surface area (Å²) in [4.78, 5) is 12.0. The maximum atomic E-state index is 12.0. The lowest BCUT2D eigenvalue weighted by Gasteiger charge is -2.31. The van der Waals surface area contributed by atoms with Gasteiger partial charge in [0.2, 0.25) is 0 Å². The Labute approximate surface area is 122 Å². The molecule has 2 atom stereocenters. The van der Waals surface area contributed by atoms with Gasteiger partial charge in [-0.25, -0.2) is 4.79 Å². The smallest absolute Gasteiger partial charge is 0.315 e. The van der Waals surface area contributed by atoms with Crippen molar-refractivity contribution in [1.82, 2.24) is 10.6 Å². The van der Waals surface area contributed by atoms with Gasteiger partial charge >= 0.3 is 6.03 Å². The Balaban J connectivity index is 2.37. The predicted molar refractivity (Wildman–Crippen MR) is 79.5 cm³/mol. The van der Waals surface area contributed by atoms with E-state index in [-0.39, 0.29) is 31.3 Å². The molecule has 1 aliphatic rings. The minimum Gasteiger partial charge on any atom is -0.396 e. The Kier molecular flexibility index (Phi) is 8.62. The van der Waals surface area contributed by atoms with Gasteiger partial charge in [0, 0.05) is 25.3 Å². The molecule has 0 saturated heterocycles. The van der Waals surface area contributed by atoms with Crippen LogP contribution in [0.5, 0.6) is 0 Å².